The molecule has 0 aliphatic carbocycles. The Morgan fingerprint density at radius 1 is 1.41 bits per heavy atom. The summed E-state index contributed by atoms with van der Waals surface area (Å²) in [4.78, 5) is 10.0. The van der Waals surface area contributed by atoms with E-state index in [1.807, 2.05) is 7.05 Å². The summed E-state index contributed by atoms with van der Waals surface area (Å²) in [7, 11) is -1.84. The number of rotatable bonds is 5. The van der Waals surface area contributed by atoms with Crippen molar-refractivity contribution in [3.63, 3.8) is 0 Å². The molecule has 0 spiro atoms. The third-order valence-corrected chi connectivity index (χ3v) is 6.19. The quantitative estimate of drug-likeness (QED) is 0.648. The van der Waals surface area contributed by atoms with Crippen LogP contribution in [0.15, 0.2) is 23.1 Å². The molecular weight excluding hydrogens is 330 g/mol. The van der Waals surface area contributed by atoms with Crippen LogP contribution in [0, 0.1) is 16.0 Å². The molecule has 0 unspecified atom stereocenters. The first-order valence-corrected chi connectivity index (χ1v) is 8.76. The third-order valence-electron chi connectivity index (χ3n) is 3.81. The molecule has 7 nitrogen and oxygen atoms in total. The van der Waals surface area contributed by atoms with Gasteiger partial charge in [0.2, 0.25) is 10.0 Å². The fourth-order valence-electron chi connectivity index (χ4n) is 2.59. The zero-order valence-electron chi connectivity index (χ0n) is 12.2. The largest absolute Gasteiger partial charge is 0.319 e. The van der Waals surface area contributed by atoms with Gasteiger partial charge in [-0.05, 0) is 38.4 Å². The number of nitrogens with one attached hydrogen (secondary N) is 1. The topological polar surface area (TPSA) is 92.6 Å². The van der Waals surface area contributed by atoms with Crippen LogP contribution in [0.1, 0.15) is 12.8 Å². The lowest BCUT2D eigenvalue weighted by molar-refractivity contribution is -0.384. The maximum atomic E-state index is 12.6. The maximum absolute atomic E-state index is 12.6. The first kappa shape index (κ1) is 17.1. The fraction of sp³-hybridized carbons (Fsp3) is 0.538. The normalized spacial score (nSPS) is 17.5. The lowest BCUT2D eigenvalue weighted by atomic mass is 9.98. The first-order valence-electron chi connectivity index (χ1n) is 6.95. The SMILES string of the molecule is CNCC1CCN(S(=O)(=O)c2ccc([N+](=O)[O-])cc2Cl)CC1. The summed E-state index contributed by atoms with van der Waals surface area (Å²) >= 11 is 5.94. The van der Waals surface area contributed by atoms with E-state index in [0.29, 0.717) is 19.0 Å². The second-order valence-electron chi connectivity index (χ2n) is 5.28. The predicted molar refractivity (Wildman–Crippen MR) is 83.5 cm³/mol. The Hall–Kier alpha value is -1.22. The van der Waals surface area contributed by atoms with E-state index < -0.39 is 14.9 Å². The summed E-state index contributed by atoms with van der Waals surface area (Å²) in [5, 5.41) is 13.7. The Labute approximate surface area is 134 Å². The molecule has 1 N–H and O–H groups in total. The van der Waals surface area contributed by atoms with Crippen molar-refractivity contribution in [1.29, 1.82) is 0 Å². The molecule has 22 heavy (non-hydrogen) atoms. The molecule has 1 heterocycles. The van der Waals surface area contributed by atoms with Crippen molar-refractivity contribution in [1.82, 2.24) is 9.62 Å². The smallest absolute Gasteiger partial charge is 0.271 e. The molecule has 1 fully saturated rings. The van der Waals surface area contributed by atoms with Crippen molar-refractivity contribution in [3.8, 4) is 0 Å². The Kier molecular flexibility index (Phi) is 5.38. The van der Waals surface area contributed by atoms with E-state index in [9.17, 15) is 18.5 Å². The molecule has 2 rings (SSSR count). The van der Waals surface area contributed by atoms with Gasteiger partial charge >= 0.3 is 0 Å². The first-order chi connectivity index (χ1) is 10.4. The number of non-ortho nitro benzene ring substituents is 1. The third kappa shape index (κ3) is 3.57. The molecule has 1 aliphatic rings. The number of hydrogen-bond acceptors (Lipinski definition) is 5. The van der Waals surface area contributed by atoms with Crippen molar-refractivity contribution in [3.05, 3.63) is 33.3 Å². The van der Waals surface area contributed by atoms with Gasteiger partial charge in [-0.3, -0.25) is 10.1 Å². The number of sulfonamides is 1. The Morgan fingerprint density at radius 3 is 2.55 bits per heavy atom. The van der Waals surface area contributed by atoms with Crippen molar-refractivity contribution >= 4 is 27.3 Å². The Bertz CT molecular complexity index is 657. The number of nitro benzene ring substituents is 1. The molecule has 1 aromatic carbocycles. The van der Waals surface area contributed by atoms with Crippen LogP contribution >= 0.6 is 11.6 Å². The molecule has 1 aromatic rings. The monoisotopic (exact) mass is 347 g/mol. The summed E-state index contributed by atoms with van der Waals surface area (Å²) in [5.41, 5.74) is -0.225. The van der Waals surface area contributed by atoms with Gasteiger partial charge in [0.05, 0.1) is 9.95 Å². The van der Waals surface area contributed by atoms with E-state index >= 15 is 0 Å². The summed E-state index contributed by atoms with van der Waals surface area (Å²) in [6.45, 7) is 1.73. The minimum atomic E-state index is -3.72. The number of nitrogens with zero attached hydrogens (tertiary/aromatic N) is 2. The highest BCUT2D eigenvalue weighted by Gasteiger charge is 2.31. The fourth-order valence-corrected chi connectivity index (χ4v) is 4.58. The second kappa shape index (κ2) is 6.91. The van der Waals surface area contributed by atoms with Crippen LogP contribution in [0.5, 0.6) is 0 Å². The molecule has 0 amide bonds. The second-order valence-corrected chi connectivity index (χ2v) is 7.59. The van der Waals surface area contributed by atoms with Crippen LogP contribution in [-0.2, 0) is 10.0 Å². The number of benzene rings is 1. The Balaban J connectivity index is 2.19. The van der Waals surface area contributed by atoms with E-state index in [1.54, 1.807) is 0 Å². The number of nitro groups is 1. The van der Waals surface area contributed by atoms with Crippen LogP contribution in [0.4, 0.5) is 5.69 Å². The van der Waals surface area contributed by atoms with Crippen LogP contribution in [0.2, 0.25) is 5.02 Å². The van der Waals surface area contributed by atoms with Gasteiger partial charge in [-0.15, -0.1) is 0 Å². The Morgan fingerprint density at radius 2 is 2.05 bits per heavy atom. The predicted octanol–water partition coefficient (Wildman–Crippen LogP) is 1.87. The maximum Gasteiger partial charge on any atom is 0.271 e. The van der Waals surface area contributed by atoms with Crippen molar-refractivity contribution < 1.29 is 13.3 Å². The molecule has 0 saturated carbocycles. The van der Waals surface area contributed by atoms with Crippen LogP contribution in [0.3, 0.4) is 0 Å². The lowest BCUT2D eigenvalue weighted by Gasteiger charge is -2.31. The van der Waals surface area contributed by atoms with Gasteiger partial charge in [0, 0.05) is 25.2 Å². The van der Waals surface area contributed by atoms with Gasteiger partial charge in [0.1, 0.15) is 4.90 Å². The average Bonchev–Trinajstić information content (AvgIpc) is 2.47. The van der Waals surface area contributed by atoms with E-state index in [0.717, 1.165) is 31.5 Å². The molecule has 0 radical (unpaired) electrons. The van der Waals surface area contributed by atoms with Crippen molar-refractivity contribution in [2.24, 2.45) is 5.92 Å². The standard InChI is InChI=1S/C13H18ClN3O4S/c1-15-9-10-4-6-16(7-5-10)22(20,21)13-3-2-11(17(18)19)8-12(13)14/h2-3,8,10,15H,4-7,9H2,1H3. The highest BCUT2D eigenvalue weighted by atomic mass is 35.5. The summed E-state index contributed by atoms with van der Waals surface area (Å²) < 4.78 is 26.6. The van der Waals surface area contributed by atoms with Gasteiger partial charge in [-0.1, -0.05) is 11.6 Å². The highest BCUT2D eigenvalue weighted by Crippen LogP contribution is 2.30. The van der Waals surface area contributed by atoms with Gasteiger partial charge in [0.15, 0.2) is 0 Å². The lowest BCUT2D eigenvalue weighted by Crippen LogP contribution is -2.40. The van der Waals surface area contributed by atoms with Crippen molar-refractivity contribution in [2.75, 3.05) is 26.7 Å². The summed E-state index contributed by atoms with van der Waals surface area (Å²) in [6, 6.07) is 3.43. The minimum absolute atomic E-state index is 0.0770. The molecule has 1 aliphatic heterocycles. The van der Waals surface area contributed by atoms with Crippen LogP contribution < -0.4 is 5.32 Å². The molecule has 9 heteroatoms. The molecule has 0 atom stereocenters. The van der Waals surface area contributed by atoms with Crippen LogP contribution in [0.25, 0.3) is 0 Å². The summed E-state index contributed by atoms with van der Waals surface area (Å²) in [5.74, 6) is 0.462. The number of hydrogen-bond donors (Lipinski definition) is 1. The summed E-state index contributed by atoms with van der Waals surface area (Å²) in [6.07, 6.45) is 1.56. The van der Waals surface area contributed by atoms with Crippen molar-refractivity contribution in [2.45, 2.75) is 17.7 Å². The van der Waals surface area contributed by atoms with E-state index in [2.05, 4.69) is 5.32 Å². The molecular formula is C13H18ClN3O4S. The van der Waals surface area contributed by atoms with Gasteiger partial charge in [0.25, 0.3) is 5.69 Å². The van der Waals surface area contributed by atoms with Gasteiger partial charge in [-0.25, -0.2) is 8.42 Å². The van der Waals surface area contributed by atoms with E-state index in [1.165, 1.54) is 10.4 Å². The zero-order valence-corrected chi connectivity index (χ0v) is 13.7. The van der Waals surface area contributed by atoms with Gasteiger partial charge in [-0.2, -0.15) is 4.31 Å². The molecule has 122 valence electrons. The molecule has 0 bridgehead atoms. The van der Waals surface area contributed by atoms with Gasteiger partial charge < -0.3 is 5.32 Å². The zero-order chi connectivity index (χ0) is 16.3. The van der Waals surface area contributed by atoms with E-state index in [4.69, 9.17) is 11.6 Å². The van der Waals surface area contributed by atoms with Crippen LogP contribution in [-0.4, -0.2) is 44.3 Å². The average molecular weight is 348 g/mol. The molecule has 0 aromatic heterocycles. The van der Waals surface area contributed by atoms with E-state index in [-0.39, 0.29) is 15.6 Å². The molecule has 1 saturated heterocycles. The number of piperidine rings is 1. The minimum Gasteiger partial charge on any atom is -0.319 e. The highest BCUT2D eigenvalue weighted by molar-refractivity contribution is 7.89. The number of halogens is 1.